The van der Waals surface area contributed by atoms with Gasteiger partial charge in [-0.2, -0.15) is 0 Å². The van der Waals surface area contributed by atoms with Gasteiger partial charge in [-0.3, -0.25) is 0 Å². The van der Waals surface area contributed by atoms with Crippen LogP contribution in [0.15, 0.2) is 0 Å². The molecular weight excluding hydrogens is 136 g/mol. The standard InChI is InChI=1S/C9H22Si/c1-6-8-10(7-2)9(3,4)5/h10H,6-8H2,1-5H3. The predicted molar refractivity (Wildman–Crippen MR) is 52.4 cm³/mol. The Labute approximate surface area is 67.6 Å². The van der Waals surface area contributed by atoms with E-state index in [4.69, 9.17) is 0 Å². The smallest absolute Gasteiger partial charge is 0.0419 e. The largest absolute Gasteiger partial charge is 0.0680 e. The minimum atomic E-state index is -0.401. The van der Waals surface area contributed by atoms with Gasteiger partial charge in [-0.15, -0.1) is 0 Å². The van der Waals surface area contributed by atoms with Crippen molar-refractivity contribution in [3.8, 4) is 0 Å². The van der Waals surface area contributed by atoms with E-state index in [2.05, 4.69) is 34.6 Å². The van der Waals surface area contributed by atoms with E-state index in [1.807, 2.05) is 0 Å². The molecule has 0 spiro atoms. The third-order valence-corrected chi connectivity index (χ3v) is 7.06. The summed E-state index contributed by atoms with van der Waals surface area (Å²) in [5, 5.41) is 0.658. The number of rotatable bonds is 3. The van der Waals surface area contributed by atoms with Crippen LogP contribution >= 0.6 is 0 Å². The van der Waals surface area contributed by atoms with Crippen molar-refractivity contribution in [1.29, 1.82) is 0 Å². The maximum Gasteiger partial charge on any atom is 0.0419 e. The van der Waals surface area contributed by atoms with Gasteiger partial charge in [-0.05, 0) is 5.04 Å². The van der Waals surface area contributed by atoms with E-state index >= 15 is 0 Å². The summed E-state index contributed by atoms with van der Waals surface area (Å²) in [6.07, 6.45) is 1.39. The lowest BCUT2D eigenvalue weighted by molar-refractivity contribution is 0.722. The zero-order chi connectivity index (χ0) is 8.20. The number of hydrogen-bond acceptors (Lipinski definition) is 0. The molecule has 0 aliphatic carbocycles. The first-order valence-corrected chi connectivity index (χ1v) is 6.73. The molecular formula is C9H22Si. The molecule has 0 bridgehead atoms. The summed E-state index contributed by atoms with van der Waals surface area (Å²) in [5.41, 5.74) is 0. The van der Waals surface area contributed by atoms with Crippen LogP contribution in [0.1, 0.15) is 41.0 Å². The van der Waals surface area contributed by atoms with Gasteiger partial charge in [0.1, 0.15) is 0 Å². The van der Waals surface area contributed by atoms with Crippen LogP contribution in [-0.4, -0.2) is 8.80 Å². The highest BCUT2D eigenvalue weighted by molar-refractivity contribution is 6.61. The third kappa shape index (κ3) is 3.40. The minimum absolute atomic E-state index is 0.401. The first kappa shape index (κ1) is 10.2. The third-order valence-electron chi connectivity index (χ3n) is 2.35. The molecule has 0 aromatic heterocycles. The van der Waals surface area contributed by atoms with Crippen LogP contribution in [0, 0.1) is 0 Å². The Morgan fingerprint density at radius 1 is 1.10 bits per heavy atom. The maximum absolute atomic E-state index is 2.41. The molecule has 0 fully saturated rings. The van der Waals surface area contributed by atoms with Crippen molar-refractivity contribution < 1.29 is 0 Å². The molecule has 62 valence electrons. The predicted octanol–water partition coefficient (Wildman–Crippen LogP) is 3.44. The topological polar surface area (TPSA) is 0 Å². The summed E-state index contributed by atoms with van der Waals surface area (Å²) >= 11 is 0. The van der Waals surface area contributed by atoms with Crippen molar-refractivity contribution in [3.63, 3.8) is 0 Å². The van der Waals surface area contributed by atoms with E-state index in [1.165, 1.54) is 18.5 Å². The molecule has 0 saturated heterocycles. The molecule has 0 saturated carbocycles. The molecule has 0 nitrogen and oxygen atoms in total. The van der Waals surface area contributed by atoms with Crippen molar-refractivity contribution in [3.05, 3.63) is 0 Å². The van der Waals surface area contributed by atoms with Crippen LogP contribution in [0.4, 0.5) is 0 Å². The molecule has 0 amide bonds. The molecule has 0 N–H and O–H groups in total. The highest BCUT2D eigenvalue weighted by atomic mass is 28.3. The summed E-state index contributed by atoms with van der Waals surface area (Å²) < 4.78 is 0. The Morgan fingerprint density at radius 3 is 1.70 bits per heavy atom. The second kappa shape index (κ2) is 4.17. The minimum Gasteiger partial charge on any atom is -0.0680 e. The van der Waals surface area contributed by atoms with E-state index in [-0.39, 0.29) is 0 Å². The van der Waals surface area contributed by atoms with Gasteiger partial charge in [0.15, 0.2) is 0 Å². The fraction of sp³-hybridized carbons (Fsp3) is 1.00. The molecule has 1 unspecified atom stereocenters. The van der Waals surface area contributed by atoms with Crippen LogP contribution in [0.5, 0.6) is 0 Å². The lowest BCUT2D eigenvalue weighted by Crippen LogP contribution is -2.23. The van der Waals surface area contributed by atoms with Crippen molar-refractivity contribution in [2.45, 2.75) is 58.2 Å². The Balaban J connectivity index is 3.81. The van der Waals surface area contributed by atoms with E-state index in [0.717, 1.165) is 0 Å². The highest BCUT2D eigenvalue weighted by Gasteiger charge is 2.22. The molecule has 0 aliphatic rings. The van der Waals surface area contributed by atoms with E-state index in [1.54, 1.807) is 0 Å². The second-order valence-corrected chi connectivity index (χ2v) is 8.78. The summed E-state index contributed by atoms with van der Waals surface area (Å²) in [6, 6.07) is 3.00. The molecule has 0 aliphatic heterocycles. The van der Waals surface area contributed by atoms with Crippen molar-refractivity contribution in [2.75, 3.05) is 0 Å². The van der Waals surface area contributed by atoms with Crippen LogP contribution in [-0.2, 0) is 0 Å². The van der Waals surface area contributed by atoms with Crippen molar-refractivity contribution in [2.24, 2.45) is 0 Å². The van der Waals surface area contributed by atoms with Gasteiger partial charge in [-0.1, -0.05) is 53.1 Å². The van der Waals surface area contributed by atoms with Gasteiger partial charge in [0.2, 0.25) is 0 Å². The summed E-state index contributed by atoms with van der Waals surface area (Å²) in [5.74, 6) is 0. The summed E-state index contributed by atoms with van der Waals surface area (Å²) in [6.45, 7) is 11.9. The van der Waals surface area contributed by atoms with Crippen LogP contribution < -0.4 is 0 Å². The van der Waals surface area contributed by atoms with Crippen LogP contribution in [0.25, 0.3) is 0 Å². The molecule has 10 heavy (non-hydrogen) atoms. The monoisotopic (exact) mass is 158 g/mol. The summed E-state index contributed by atoms with van der Waals surface area (Å²) in [7, 11) is -0.401. The first-order chi connectivity index (χ1) is 4.52. The summed E-state index contributed by atoms with van der Waals surface area (Å²) in [4.78, 5) is 0. The van der Waals surface area contributed by atoms with Gasteiger partial charge in [0.05, 0.1) is 0 Å². The molecule has 1 heteroatoms. The Morgan fingerprint density at radius 2 is 1.60 bits per heavy atom. The molecule has 0 rings (SSSR count). The molecule has 0 heterocycles. The Kier molecular flexibility index (Phi) is 4.26. The zero-order valence-electron chi connectivity index (χ0n) is 8.20. The van der Waals surface area contributed by atoms with Gasteiger partial charge in [0, 0.05) is 8.80 Å². The molecule has 1 atom stereocenters. The Bertz CT molecular complexity index is 81.2. The Hall–Kier alpha value is 0.217. The van der Waals surface area contributed by atoms with Gasteiger partial charge >= 0.3 is 0 Å². The lowest BCUT2D eigenvalue weighted by atomic mass is 10.2. The average Bonchev–Trinajstić information content (AvgIpc) is 1.80. The molecule has 0 radical (unpaired) electrons. The van der Waals surface area contributed by atoms with Gasteiger partial charge < -0.3 is 0 Å². The van der Waals surface area contributed by atoms with Crippen molar-refractivity contribution >= 4 is 8.80 Å². The first-order valence-electron chi connectivity index (χ1n) is 4.52. The van der Waals surface area contributed by atoms with Crippen molar-refractivity contribution in [1.82, 2.24) is 0 Å². The quantitative estimate of drug-likeness (QED) is 0.552. The van der Waals surface area contributed by atoms with Gasteiger partial charge in [-0.25, -0.2) is 0 Å². The van der Waals surface area contributed by atoms with Crippen LogP contribution in [0.2, 0.25) is 17.1 Å². The van der Waals surface area contributed by atoms with E-state index in [9.17, 15) is 0 Å². The second-order valence-electron chi connectivity index (χ2n) is 4.26. The highest BCUT2D eigenvalue weighted by Crippen LogP contribution is 2.31. The van der Waals surface area contributed by atoms with Crippen LogP contribution in [0.3, 0.4) is 0 Å². The SMILES string of the molecule is CCC[SiH](CC)C(C)(C)C. The maximum atomic E-state index is 2.41. The van der Waals surface area contributed by atoms with Gasteiger partial charge in [0.25, 0.3) is 0 Å². The van der Waals surface area contributed by atoms with E-state index < -0.39 is 8.80 Å². The fourth-order valence-corrected chi connectivity index (χ4v) is 4.79. The molecule has 0 aromatic rings. The fourth-order valence-electron chi connectivity index (χ4n) is 1.60. The molecule has 0 aromatic carbocycles. The van der Waals surface area contributed by atoms with E-state index in [0.29, 0.717) is 5.04 Å². The lowest BCUT2D eigenvalue weighted by Gasteiger charge is -2.27. The zero-order valence-corrected chi connectivity index (χ0v) is 9.35. The average molecular weight is 158 g/mol. The normalized spacial score (nSPS) is 15.3. The number of hydrogen-bond donors (Lipinski definition) is 0.